The smallest absolute Gasteiger partial charge is 0.187 e. The molecule has 0 aliphatic rings. The van der Waals surface area contributed by atoms with E-state index in [1.807, 2.05) is 48.5 Å². The summed E-state index contributed by atoms with van der Waals surface area (Å²) in [5.74, 6) is -0.144. The van der Waals surface area contributed by atoms with Gasteiger partial charge in [0.15, 0.2) is 5.78 Å². The molecule has 0 fully saturated rings. The maximum atomic E-state index is 12.3. The molecule has 108 valence electrons. The van der Waals surface area contributed by atoms with Crippen molar-refractivity contribution in [2.45, 2.75) is 0 Å². The molecule has 0 unspecified atom stereocenters. The van der Waals surface area contributed by atoms with Crippen LogP contribution in [0.5, 0.6) is 0 Å². The van der Waals surface area contributed by atoms with Crippen molar-refractivity contribution in [2.75, 3.05) is 0 Å². The minimum Gasteiger partial charge on any atom is -0.289 e. The Morgan fingerprint density at radius 1 is 0.909 bits per heavy atom. The number of carbonyl (C=O) groups is 1. The summed E-state index contributed by atoms with van der Waals surface area (Å²) in [5.41, 5.74) is 1.44. The molecule has 22 heavy (non-hydrogen) atoms. The lowest BCUT2D eigenvalue weighted by atomic mass is 10.0. The molecule has 0 saturated carbocycles. The molecule has 3 aromatic carbocycles. The Hall–Kier alpha value is -2.09. The van der Waals surface area contributed by atoms with Gasteiger partial charge < -0.3 is 0 Å². The van der Waals surface area contributed by atoms with Crippen LogP contribution in [-0.4, -0.2) is 5.78 Å². The minimum absolute atomic E-state index is 0.144. The number of hydrogen-bond acceptors (Lipinski definition) is 1. The van der Waals surface area contributed by atoms with Gasteiger partial charge in [-0.3, -0.25) is 4.79 Å². The Balaban J connectivity index is 1.94. The van der Waals surface area contributed by atoms with Crippen LogP contribution in [0.1, 0.15) is 15.9 Å². The molecule has 0 bridgehead atoms. The maximum absolute atomic E-state index is 12.3. The van der Waals surface area contributed by atoms with Gasteiger partial charge in [-0.25, -0.2) is 0 Å². The van der Waals surface area contributed by atoms with Gasteiger partial charge in [0.05, 0.1) is 5.02 Å². The molecule has 3 aromatic rings. The third kappa shape index (κ3) is 3.06. The van der Waals surface area contributed by atoms with Crippen molar-refractivity contribution in [1.82, 2.24) is 0 Å². The first kappa shape index (κ1) is 14.8. The van der Waals surface area contributed by atoms with Gasteiger partial charge in [0, 0.05) is 10.6 Å². The molecule has 0 N–H and O–H groups in total. The van der Waals surface area contributed by atoms with Crippen LogP contribution < -0.4 is 0 Å². The lowest BCUT2D eigenvalue weighted by Crippen LogP contribution is -1.95. The van der Waals surface area contributed by atoms with Crippen molar-refractivity contribution in [1.29, 1.82) is 0 Å². The largest absolute Gasteiger partial charge is 0.289 e. The number of ketones is 1. The van der Waals surface area contributed by atoms with Gasteiger partial charge in [-0.15, -0.1) is 0 Å². The van der Waals surface area contributed by atoms with E-state index < -0.39 is 0 Å². The molecule has 3 rings (SSSR count). The van der Waals surface area contributed by atoms with Crippen molar-refractivity contribution in [3.63, 3.8) is 0 Å². The number of allylic oxidation sites excluding steroid dienone is 1. The molecular formula is C19H12Cl2O. The lowest BCUT2D eigenvalue weighted by Gasteiger charge is -2.02. The van der Waals surface area contributed by atoms with Crippen molar-refractivity contribution >= 4 is 45.8 Å². The highest BCUT2D eigenvalue weighted by Gasteiger charge is 2.08. The number of fused-ring (bicyclic) bond motifs is 1. The zero-order valence-electron chi connectivity index (χ0n) is 11.6. The quantitative estimate of drug-likeness (QED) is 0.423. The van der Waals surface area contributed by atoms with Crippen molar-refractivity contribution in [3.05, 3.63) is 87.9 Å². The van der Waals surface area contributed by atoms with E-state index in [2.05, 4.69) is 0 Å². The maximum Gasteiger partial charge on any atom is 0.187 e. The Labute approximate surface area is 138 Å². The molecule has 0 aliphatic carbocycles. The molecule has 0 amide bonds. The van der Waals surface area contributed by atoms with E-state index in [1.54, 1.807) is 18.2 Å². The predicted molar refractivity (Wildman–Crippen MR) is 93.8 cm³/mol. The summed E-state index contributed by atoms with van der Waals surface area (Å²) >= 11 is 11.9. The second kappa shape index (κ2) is 6.35. The van der Waals surface area contributed by atoms with Crippen molar-refractivity contribution in [2.24, 2.45) is 0 Å². The normalized spacial score (nSPS) is 11.2. The van der Waals surface area contributed by atoms with Gasteiger partial charge in [0.2, 0.25) is 0 Å². The average molecular weight is 327 g/mol. The Kier molecular flexibility index (Phi) is 4.28. The molecule has 0 atom stereocenters. The van der Waals surface area contributed by atoms with E-state index >= 15 is 0 Å². The Morgan fingerprint density at radius 3 is 2.50 bits per heavy atom. The highest BCUT2D eigenvalue weighted by atomic mass is 35.5. The fraction of sp³-hybridized carbons (Fsp3) is 0. The van der Waals surface area contributed by atoms with Crippen LogP contribution in [0, 0.1) is 0 Å². The van der Waals surface area contributed by atoms with Gasteiger partial charge in [-0.05, 0) is 40.6 Å². The SMILES string of the molecule is O=C(/C=C\c1cccc2ccccc12)c1ccc(Cl)cc1Cl. The first-order valence-corrected chi connectivity index (χ1v) is 7.56. The fourth-order valence-electron chi connectivity index (χ4n) is 2.34. The fourth-order valence-corrected chi connectivity index (χ4v) is 2.84. The van der Waals surface area contributed by atoms with Gasteiger partial charge in [-0.2, -0.15) is 0 Å². The second-order valence-electron chi connectivity index (χ2n) is 4.89. The third-order valence-electron chi connectivity index (χ3n) is 3.43. The van der Waals surface area contributed by atoms with Crippen molar-refractivity contribution in [3.8, 4) is 0 Å². The lowest BCUT2D eigenvalue weighted by molar-refractivity contribution is 0.104. The standard InChI is InChI=1S/C19H12Cl2O/c20-15-9-10-17(18(21)12-15)19(22)11-8-14-6-3-5-13-4-1-2-7-16(13)14/h1-12H/b11-8-. The van der Waals surface area contributed by atoms with E-state index in [0.29, 0.717) is 15.6 Å². The van der Waals surface area contributed by atoms with E-state index in [9.17, 15) is 4.79 Å². The van der Waals surface area contributed by atoms with Crippen LogP contribution in [0.3, 0.4) is 0 Å². The third-order valence-corrected chi connectivity index (χ3v) is 3.98. The number of benzene rings is 3. The summed E-state index contributed by atoms with van der Waals surface area (Å²) in [6.45, 7) is 0. The molecule has 0 spiro atoms. The molecule has 0 saturated heterocycles. The van der Waals surface area contributed by atoms with Crippen molar-refractivity contribution < 1.29 is 4.79 Å². The van der Waals surface area contributed by atoms with E-state index in [4.69, 9.17) is 23.2 Å². The van der Waals surface area contributed by atoms with Crippen LogP contribution in [0.25, 0.3) is 16.8 Å². The summed E-state index contributed by atoms with van der Waals surface area (Å²) in [6.07, 6.45) is 3.35. The van der Waals surface area contributed by atoms with E-state index in [0.717, 1.165) is 16.3 Å². The van der Waals surface area contributed by atoms with Crippen LogP contribution in [-0.2, 0) is 0 Å². The molecule has 0 radical (unpaired) electrons. The van der Waals surface area contributed by atoms with Crippen LogP contribution in [0.4, 0.5) is 0 Å². The van der Waals surface area contributed by atoms with Crippen LogP contribution in [0.2, 0.25) is 10.0 Å². The number of halogens is 2. The first-order chi connectivity index (χ1) is 10.6. The van der Waals surface area contributed by atoms with E-state index in [-0.39, 0.29) is 5.78 Å². The van der Waals surface area contributed by atoms with Crippen LogP contribution >= 0.6 is 23.2 Å². The molecular weight excluding hydrogens is 315 g/mol. The van der Waals surface area contributed by atoms with Crippen LogP contribution in [0.15, 0.2) is 66.7 Å². The van der Waals surface area contributed by atoms with E-state index in [1.165, 1.54) is 6.08 Å². The molecule has 0 heterocycles. The Morgan fingerprint density at radius 2 is 1.68 bits per heavy atom. The summed E-state index contributed by atoms with van der Waals surface area (Å²) < 4.78 is 0. The summed E-state index contributed by atoms with van der Waals surface area (Å²) in [4.78, 5) is 12.3. The zero-order valence-corrected chi connectivity index (χ0v) is 13.1. The van der Waals surface area contributed by atoms with Gasteiger partial charge in [-0.1, -0.05) is 71.7 Å². The number of rotatable bonds is 3. The van der Waals surface area contributed by atoms with Gasteiger partial charge >= 0.3 is 0 Å². The number of hydrogen-bond donors (Lipinski definition) is 0. The molecule has 3 heteroatoms. The minimum atomic E-state index is -0.144. The highest BCUT2D eigenvalue weighted by molar-refractivity contribution is 6.37. The summed E-state index contributed by atoms with van der Waals surface area (Å²) in [7, 11) is 0. The first-order valence-electron chi connectivity index (χ1n) is 6.80. The summed E-state index contributed by atoms with van der Waals surface area (Å²) in [5, 5.41) is 3.12. The van der Waals surface area contributed by atoms with Gasteiger partial charge in [0.1, 0.15) is 0 Å². The van der Waals surface area contributed by atoms with Gasteiger partial charge in [0.25, 0.3) is 0 Å². The molecule has 0 aliphatic heterocycles. The molecule has 0 aromatic heterocycles. The monoisotopic (exact) mass is 326 g/mol. The average Bonchev–Trinajstić information content (AvgIpc) is 2.52. The predicted octanol–water partition coefficient (Wildman–Crippen LogP) is 6.04. The molecule has 1 nitrogen and oxygen atoms in total. The summed E-state index contributed by atoms with van der Waals surface area (Å²) in [6, 6.07) is 18.9. The Bertz CT molecular complexity index is 876. The topological polar surface area (TPSA) is 17.1 Å². The second-order valence-corrected chi connectivity index (χ2v) is 5.73. The zero-order chi connectivity index (χ0) is 15.5. The highest BCUT2D eigenvalue weighted by Crippen LogP contribution is 2.23. The number of carbonyl (C=O) groups excluding carboxylic acids is 1.